The van der Waals surface area contributed by atoms with Crippen molar-refractivity contribution in [3.05, 3.63) is 27.3 Å². The average molecular weight is 556 g/mol. The predicted octanol–water partition coefficient (Wildman–Crippen LogP) is 3.50. The Morgan fingerprint density at radius 3 is 2.53 bits per heavy atom. The normalized spacial score (nSPS) is 37.0. The van der Waals surface area contributed by atoms with E-state index in [1.165, 1.54) is 0 Å². The van der Waals surface area contributed by atoms with Crippen LogP contribution in [0.5, 0.6) is 5.75 Å². The van der Waals surface area contributed by atoms with E-state index in [0.717, 1.165) is 27.7 Å². The summed E-state index contributed by atoms with van der Waals surface area (Å²) in [6.45, 7) is 0.373. The number of benzene rings is 1. The van der Waals surface area contributed by atoms with Crippen molar-refractivity contribution in [2.45, 2.75) is 55.4 Å². The van der Waals surface area contributed by atoms with E-state index in [1.54, 1.807) is 0 Å². The maximum atomic E-state index is 13.8. The molecule has 164 valence electrons. The first-order chi connectivity index (χ1) is 13.9. The summed E-state index contributed by atoms with van der Waals surface area (Å²) < 4.78 is 77.0. The number of rotatable bonds is 3. The second kappa shape index (κ2) is 6.48. The summed E-state index contributed by atoms with van der Waals surface area (Å²) >= 11 is 2.20. The first-order valence-electron chi connectivity index (χ1n) is 9.64. The molecule has 2 atom stereocenters. The number of alkyl halides is 2. The Balaban J connectivity index is 1.43. The summed E-state index contributed by atoms with van der Waals surface area (Å²) in [5, 5.41) is -5.00. The minimum atomic E-state index is -5.91. The lowest BCUT2D eigenvalue weighted by molar-refractivity contribution is -0.337. The molecule has 4 aliphatic carbocycles. The van der Waals surface area contributed by atoms with Crippen LogP contribution in [0, 0.1) is 21.3 Å². The summed E-state index contributed by atoms with van der Waals surface area (Å²) in [6.07, 6.45) is 2.38. The van der Waals surface area contributed by atoms with Crippen molar-refractivity contribution in [1.29, 1.82) is 0 Å². The van der Waals surface area contributed by atoms with Crippen molar-refractivity contribution in [1.82, 2.24) is 0 Å². The zero-order valence-electron chi connectivity index (χ0n) is 15.6. The maximum Gasteiger partial charge on any atom is 0.465 e. The van der Waals surface area contributed by atoms with Crippen molar-refractivity contribution in [2.24, 2.45) is 17.8 Å². The fraction of sp³-hybridized carbons (Fsp3) is 0.632. The molecule has 30 heavy (non-hydrogen) atoms. The number of carbonyl (C=O) groups excluding carboxylic acids is 1. The van der Waals surface area contributed by atoms with Crippen LogP contribution in [-0.4, -0.2) is 35.6 Å². The van der Waals surface area contributed by atoms with Gasteiger partial charge in [0.05, 0.1) is 6.61 Å². The summed E-state index contributed by atoms with van der Waals surface area (Å²) in [5.74, 6) is -2.61. The van der Waals surface area contributed by atoms with E-state index < -0.39 is 32.7 Å². The topological polar surface area (TPSA) is 99.1 Å². The van der Waals surface area contributed by atoms with Crippen LogP contribution in [0.2, 0.25) is 0 Å². The molecule has 0 radical (unpaired) electrons. The molecule has 1 aliphatic heterocycles. The van der Waals surface area contributed by atoms with Crippen molar-refractivity contribution in [3.8, 4) is 5.75 Å². The van der Waals surface area contributed by atoms with Gasteiger partial charge in [-0.1, -0.05) is 6.07 Å². The van der Waals surface area contributed by atoms with Crippen LogP contribution < -0.4 is 4.74 Å². The highest BCUT2D eigenvalue weighted by atomic mass is 127. The second-order valence-corrected chi connectivity index (χ2v) is 11.5. The molecule has 7 nitrogen and oxygen atoms in total. The molecule has 2 unspecified atom stereocenters. The molecule has 1 heterocycles. The van der Waals surface area contributed by atoms with Gasteiger partial charge >= 0.3 is 21.3 Å². The number of halogens is 3. The Bertz CT molecular complexity index is 1010. The molecule has 1 N–H and O–H groups in total. The van der Waals surface area contributed by atoms with Crippen LogP contribution in [0.3, 0.4) is 0 Å². The van der Waals surface area contributed by atoms with Crippen molar-refractivity contribution < 1.29 is 40.8 Å². The third-order valence-electron chi connectivity index (χ3n) is 6.89. The smallest absolute Gasteiger partial charge is 0.461 e. The van der Waals surface area contributed by atoms with Crippen LogP contribution in [0.15, 0.2) is 18.2 Å². The van der Waals surface area contributed by atoms with Crippen LogP contribution >= 0.6 is 22.6 Å². The molecule has 4 saturated carbocycles. The molecular weight excluding hydrogens is 537 g/mol. The highest BCUT2D eigenvalue weighted by Crippen LogP contribution is 2.63. The maximum absolute atomic E-state index is 13.8. The van der Waals surface area contributed by atoms with Crippen LogP contribution in [0.4, 0.5) is 8.78 Å². The Hall–Kier alpha value is -1.05. The van der Waals surface area contributed by atoms with E-state index in [2.05, 4.69) is 22.6 Å². The fourth-order valence-corrected chi connectivity index (χ4v) is 6.59. The summed E-state index contributed by atoms with van der Waals surface area (Å²) in [7, 11) is -5.91. The SMILES string of the molecule is O=C(OC12CC3CC(C1)C1(OCc4ccc(I)cc4O1)C(C3)C2)C(F)(F)S(=O)(=O)O. The first kappa shape index (κ1) is 20.8. The Labute approximate surface area is 185 Å². The standard InChI is InChI=1S/C19H19F2IO7S/c20-19(21,30(24,25)26)16(23)29-17-6-10-3-12(7-17)18(13(4-10)8-17)27-9-11-1-2-14(22)5-15(11)28-18/h1-2,5,10,12-13H,3-4,6-9H2,(H,24,25,26). The Kier molecular flexibility index (Phi) is 4.50. The van der Waals surface area contributed by atoms with Gasteiger partial charge in [-0.15, -0.1) is 0 Å². The zero-order valence-corrected chi connectivity index (χ0v) is 18.6. The summed E-state index contributed by atoms with van der Waals surface area (Å²) in [5.41, 5.74) is -0.269. The van der Waals surface area contributed by atoms with Gasteiger partial charge in [-0.3, -0.25) is 4.55 Å². The number of fused-ring (bicyclic) bond motifs is 1. The lowest BCUT2D eigenvalue weighted by atomic mass is 9.51. The van der Waals surface area contributed by atoms with E-state index in [9.17, 15) is 22.0 Å². The predicted molar refractivity (Wildman–Crippen MR) is 106 cm³/mol. The number of esters is 1. The molecule has 6 rings (SSSR count). The first-order valence-corrected chi connectivity index (χ1v) is 12.2. The minimum Gasteiger partial charge on any atom is -0.461 e. The lowest BCUT2D eigenvalue weighted by Gasteiger charge is -2.63. The van der Waals surface area contributed by atoms with E-state index >= 15 is 0 Å². The summed E-state index contributed by atoms with van der Waals surface area (Å²) in [4.78, 5) is 12.0. The fourth-order valence-electron chi connectivity index (χ4n) is 5.88. The highest BCUT2D eigenvalue weighted by Gasteiger charge is 2.68. The van der Waals surface area contributed by atoms with Gasteiger partial charge in [-0.05, 0) is 72.7 Å². The highest BCUT2D eigenvalue weighted by molar-refractivity contribution is 14.1. The molecule has 1 aromatic carbocycles. The van der Waals surface area contributed by atoms with Gasteiger partial charge in [0, 0.05) is 21.0 Å². The van der Waals surface area contributed by atoms with Crippen molar-refractivity contribution in [2.75, 3.05) is 0 Å². The molecule has 1 spiro atoms. The van der Waals surface area contributed by atoms with Crippen LogP contribution in [0.1, 0.15) is 37.7 Å². The number of carbonyl (C=O) groups is 1. The third kappa shape index (κ3) is 2.99. The molecule has 0 aromatic heterocycles. The van der Waals surface area contributed by atoms with Gasteiger partial charge < -0.3 is 14.2 Å². The molecule has 1 aromatic rings. The van der Waals surface area contributed by atoms with E-state index in [-0.39, 0.29) is 30.6 Å². The molecule has 4 bridgehead atoms. The minimum absolute atomic E-state index is 0.143. The molecular formula is C19H19F2IO7S. The zero-order chi connectivity index (χ0) is 21.5. The van der Waals surface area contributed by atoms with Gasteiger partial charge in [0.25, 0.3) is 0 Å². The van der Waals surface area contributed by atoms with E-state index in [1.807, 2.05) is 18.2 Å². The molecule has 4 fully saturated rings. The van der Waals surface area contributed by atoms with Crippen molar-refractivity contribution in [3.63, 3.8) is 0 Å². The Morgan fingerprint density at radius 1 is 1.23 bits per heavy atom. The molecule has 0 saturated heterocycles. The quantitative estimate of drug-likeness (QED) is 0.346. The molecule has 11 heteroatoms. The van der Waals surface area contributed by atoms with E-state index in [4.69, 9.17) is 18.8 Å². The van der Waals surface area contributed by atoms with Gasteiger partial charge in [0.1, 0.15) is 11.4 Å². The number of hydrogen-bond acceptors (Lipinski definition) is 6. The monoisotopic (exact) mass is 556 g/mol. The average Bonchev–Trinajstić information content (AvgIpc) is 2.64. The van der Waals surface area contributed by atoms with Crippen LogP contribution in [0.25, 0.3) is 0 Å². The second-order valence-electron chi connectivity index (χ2n) is 8.77. The van der Waals surface area contributed by atoms with Gasteiger partial charge in [0.2, 0.25) is 5.79 Å². The van der Waals surface area contributed by atoms with Crippen molar-refractivity contribution >= 4 is 38.7 Å². The molecule has 0 amide bonds. The number of hydrogen-bond donors (Lipinski definition) is 1. The van der Waals surface area contributed by atoms with E-state index in [0.29, 0.717) is 13.0 Å². The van der Waals surface area contributed by atoms with Gasteiger partial charge in [-0.25, -0.2) is 4.79 Å². The number of ether oxygens (including phenoxy) is 3. The Morgan fingerprint density at radius 2 is 1.90 bits per heavy atom. The third-order valence-corrected chi connectivity index (χ3v) is 8.38. The largest absolute Gasteiger partial charge is 0.465 e. The lowest BCUT2D eigenvalue weighted by Crippen LogP contribution is -2.68. The summed E-state index contributed by atoms with van der Waals surface area (Å²) in [6, 6.07) is 5.85. The van der Waals surface area contributed by atoms with Gasteiger partial charge in [-0.2, -0.15) is 17.2 Å². The molecule has 5 aliphatic rings. The van der Waals surface area contributed by atoms with Gasteiger partial charge in [0.15, 0.2) is 0 Å². The van der Waals surface area contributed by atoms with Crippen LogP contribution in [-0.2, 0) is 31.0 Å².